The zero-order chi connectivity index (χ0) is 7.99. The zero-order valence-corrected chi connectivity index (χ0v) is 5.36. The van der Waals surface area contributed by atoms with Crippen LogP contribution in [0.1, 0.15) is 6.42 Å². The molecule has 1 aliphatic rings. The van der Waals surface area contributed by atoms with E-state index >= 15 is 0 Å². The molecule has 1 aliphatic carbocycles. The van der Waals surface area contributed by atoms with Crippen LogP contribution in [0.15, 0.2) is 0 Å². The molecular formula is C5H7F2NO2. The van der Waals surface area contributed by atoms with E-state index in [0.29, 0.717) is 0 Å². The van der Waals surface area contributed by atoms with Crippen molar-refractivity contribution in [2.45, 2.75) is 17.9 Å². The maximum atomic E-state index is 12.2. The van der Waals surface area contributed by atoms with Crippen LogP contribution in [-0.4, -0.2) is 24.5 Å². The van der Waals surface area contributed by atoms with Gasteiger partial charge in [0, 0.05) is 6.42 Å². The largest absolute Gasteiger partial charge is 0.467 e. The summed E-state index contributed by atoms with van der Waals surface area (Å²) in [6.07, 6.45) is -0.604. The first-order valence-corrected chi connectivity index (χ1v) is 2.69. The number of methoxy groups -OCH3 is 1. The fourth-order valence-electron chi connectivity index (χ4n) is 0.710. The smallest absolute Gasteiger partial charge is 0.332 e. The number of halogens is 2. The molecule has 0 saturated heterocycles. The van der Waals surface area contributed by atoms with Crippen LogP contribution in [0, 0.1) is 0 Å². The van der Waals surface area contributed by atoms with E-state index < -0.39 is 23.9 Å². The summed E-state index contributed by atoms with van der Waals surface area (Å²) < 4.78 is 28.5. The van der Waals surface area contributed by atoms with Crippen molar-refractivity contribution in [3.8, 4) is 0 Å². The minimum absolute atomic E-state index is 0.604. The third-order valence-corrected chi connectivity index (χ3v) is 1.58. The molecular weight excluding hydrogens is 144 g/mol. The minimum atomic E-state index is -3.07. The normalized spacial score (nSPS) is 35.2. The molecule has 1 rings (SSSR count). The Morgan fingerprint density at radius 3 is 2.20 bits per heavy atom. The molecule has 1 atom stereocenters. The van der Waals surface area contributed by atoms with Crippen molar-refractivity contribution in [2.75, 3.05) is 7.11 Å². The van der Waals surface area contributed by atoms with Crippen LogP contribution < -0.4 is 5.73 Å². The summed E-state index contributed by atoms with van der Waals surface area (Å²) in [5, 5.41) is 0. The Labute approximate surface area is 56.1 Å². The lowest BCUT2D eigenvalue weighted by atomic mass is 10.3. The van der Waals surface area contributed by atoms with Crippen LogP contribution in [0.3, 0.4) is 0 Å². The third-order valence-electron chi connectivity index (χ3n) is 1.58. The van der Waals surface area contributed by atoms with Gasteiger partial charge in [-0.15, -0.1) is 0 Å². The molecule has 1 fully saturated rings. The molecule has 2 N–H and O–H groups in total. The summed E-state index contributed by atoms with van der Waals surface area (Å²) in [6.45, 7) is 0. The van der Waals surface area contributed by atoms with Crippen molar-refractivity contribution in [1.82, 2.24) is 0 Å². The number of rotatable bonds is 1. The number of hydrogen-bond donors (Lipinski definition) is 1. The number of alkyl halides is 2. The van der Waals surface area contributed by atoms with E-state index in [1.165, 1.54) is 0 Å². The van der Waals surface area contributed by atoms with E-state index in [9.17, 15) is 13.6 Å². The first-order valence-electron chi connectivity index (χ1n) is 2.69. The molecule has 0 aliphatic heterocycles. The molecule has 58 valence electrons. The van der Waals surface area contributed by atoms with E-state index in [0.717, 1.165) is 7.11 Å². The van der Waals surface area contributed by atoms with Gasteiger partial charge >= 0.3 is 5.97 Å². The molecule has 1 unspecified atom stereocenters. The molecule has 5 heteroatoms. The topological polar surface area (TPSA) is 52.3 Å². The van der Waals surface area contributed by atoms with Crippen LogP contribution in [-0.2, 0) is 9.53 Å². The number of carbonyl (C=O) groups is 1. The fourth-order valence-corrected chi connectivity index (χ4v) is 0.710. The Kier molecular flexibility index (Phi) is 1.23. The first-order chi connectivity index (χ1) is 4.44. The fraction of sp³-hybridized carbons (Fsp3) is 0.800. The Morgan fingerprint density at radius 2 is 2.10 bits per heavy atom. The maximum Gasteiger partial charge on any atom is 0.332 e. The maximum absolute atomic E-state index is 12.2. The van der Waals surface area contributed by atoms with Crippen molar-refractivity contribution < 1.29 is 18.3 Å². The summed E-state index contributed by atoms with van der Waals surface area (Å²) in [5.74, 6) is -4.11. The first kappa shape index (κ1) is 7.40. The van der Waals surface area contributed by atoms with Gasteiger partial charge in [-0.2, -0.15) is 0 Å². The summed E-state index contributed by atoms with van der Waals surface area (Å²) in [5.41, 5.74) is 2.91. The highest BCUT2D eigenvalue weighted by Gasteiger charge is 2.75. The molecule has 0 radical (unpaired) electrons. The van der Waals surface area contributed by atoms with E-state index in [-0.39, 0.29) is 0 Å². The SMILES string of the molecule is COC(=O)C1(N)CC1(F)F. The van der Waals surface area contributed by atoms with Gasteiger partial charge in [-0.1, -0.05) is 0 Å². The Hall–Kier alpha value is -0.710. The van der Waals surface area contributed by atoms with Gasteiger partial charge in [-0.3, -0.25) is 0 Å². The molecule has 0 aromatic carbocycles. The van der Waals surface area contributed by atoms with Gasteiger partial charge in [0.05, 0.1) is 7.11 Å². The van der Waals surface area contributed by atoms with Crippen molar-refractivity contribution in [2.24, 2.45) is 5.73 Å². The van der Waals surface area contributed by atoms with Gasteiger partial charge < -0.3 is 10.5 Å². The molecule has 1 saturated carbocycles. The van der Waals surface area contributed by atoms with E-state index in [1.807, 2.05) is 0 Å². The Balaban J connectivity index is 2.68. The van der Waals surface area contributed by atoms with Crippen LogP contribution in [0.25, 0.3) is 0 Å². The molecule has 0 amide bonds. The van der Waals surface area contributed by atoms with Crippen molar-refractivity contribution in [3.63, 3.8) is 0 Å². The molecule has 0 aromatic rings. The van der Waals surface area contributed by atoms with Gasteiger partial charge in [-0.05, 0) is 0 Å². The van der Waals surface area contributed by atoms with Crippen LogP contribution in [0.2, 0.25) is 0 Å². The summed E-state index contributed by atoms with van der Waals surface area (Å²) in [4.78, 5) is 10.5. The second-order valence-corrected chi connectivity index (χ2v) is 2.34. The monoisotopic (exact) mass is 151 g/mol. The predicted molar refractivity (Wildman–Crippen MR) is 28.5 cm³/mol. The van der Waals surface area contributed by atoms with E-state index in [2.05, 4.69) is 4.74 Å². The lowest BCUT2D eigenvalue weighted by molar-refractivity contribution is -0.146. The Bertz CT molecular complexity index is 182. The second kappa shape index (κ2) is 1.66. The van der Waals surface area contributed by atoms with E-state index in [1.54, 1.807) is 0 Å². The summed E-state index contributed by atoms with van der Waals surface area (Å²) >= 11 is 0. The molecule has 0 spiro atoms. The van der Waals surface area contributed by atoms with Gasteiger partial charge in [0.25, 0.3) is 5.92 Å². The molecule has 10 heavy (non-hydrogen) atoms. The lowest BCUT2D eigenvalue weighted by Crippen LogP contribution is -2.40. The second-order valence-electron chi connectivity index (χ2n) is 2.34. The van der Waals surface area contributed by atoms with Crippen molar-refractivity contribution in [1.29, 1.82) is 0 Å². The number of esters is 1. The van der Waals surface area contributed by atoms with Crippen molar-refractivity contribution in [3.05, 3.63) is 0 Å². The van der Waals surface area contributed by atoms with Gasteiger partial charge in [-0.25, -0.2) is 13.6 Å². The molecule has 0 aromatic heterocycles. The highest BCUT2D eigenvalue weighted by Crippen LogP contribution is 2.51. The zero-order valence-electron chi connectivity index (χ0n) is 5.36. The predicted octanol–water partition coefficient (Wildman–Crippen LogP) is -0.104. The van der Waals surface area contributed by atoms with E-state index in [4.69, 9.17) is 5.73 Å². The molecule has 0 bridgehead atoms. The standard InChI is InChI=1S/C5H7F2NO2/c1-10-3(9)4(8)2-5(4,6)7/h2,8H2,1H3. The third kappa shape index (κ3) is 0.701. The quantitative estimate of drug-likeness (QED) is 0.532. The van der Waals surface area contributed by atoms with Gasteiger partial charge in [0.2, 0.25) is 0 Å². The Morgan fingerprint density at radius 1 is 1.70 bits per heavy atom. The minimum Gasteiger partial charge on any atom is -0.467 e. The van der Waals surface area contributed by atoms with Crippen LogP contribution in [0.4, 0.5) is 8.78 Å². The van der Waals surface area contributed by atoms with Crippen molar-refractivity contribution >= 4 is 5.97 Å². The van der Waals surface area contributed by atoms with Gasteiger partial charge in [0.1, 0.15) is 0 Å². The highest BCUT2D eigenvalue weighted by molar-refractivity contribution is 5.86. The number of nitrogens with two attached hydrogens (primary N) is 1. The lowest BCUT2D eigenvalue weighted by Gasteiger charge is -2.05. The average Bonchev–Trinajstić information content (AvgIpc) is 2.32. The highest BCUT2D eigenvalue weighted by atomic mass is 19.3. The van der Waals surface area contributed by atoms with Crippen LogP contribution >= 0.6 is 0 Å². The van der Waals surface area contributed by atoms with Gasteiger partial charge in [0.15, 0.2) is 5.54 Å². The molecule has 3 nitrogen and oxygen atoms in total. The number of carbonyl (C=O) groups excluding carboxylic acids is 1. The number of ether oxygens (including phenoxy) is 1. The van der Waals surface area contributed by atoms with Crippen LogP contribution in [0.5, 0.6) is 0 Å². The average molecular weight is 151 g/mol. The summed E-state index contributed by atoms with van der Waals surface area (Å²) in [7, 11) is 1.03. The molecule has 0 heterocycles. The number of hydrogen-bond acceptors (Lipinski definition) is 3. The summed E-state index contributed by atoms with van der Waals surface area (Å²) in [6, 6.07) is 0.